The summed E-state index contributed by atoms with van der Waals surface area (Å²) in [4.78, 5) is 48.0. The predicted molar refractivity (Wildman–Crippen MR) is 139 cm³/mol. The van der Waals surface area contributed by atoms with Crippen LogP contribution in [0.1, 0.15) is 96.6 Å². The fraction of sp³-hybridized carbons (Fsp3) is 0.667. The molecule has 196 valence electrons. The Morgan fingerprint density at radius 1 is 1.14 bits per heavy atom. The summed E-state index contributed by atoms with van der Waals surface area (Å²) in [6.07, 6.45) is 10.5. The molecule has 9 nitrogen and oxygen atoms in total. The number of hydrogen-bond acceptors (Lipinski definition) is 7. The molecule has 2 aromatic heterocycles. The molecule has 0 bridgehead atoms. The molecular formula is C27H39N5O4. The summed E-state index contributed by atoms with van der Waals surface area (Å²) in [5.74, 6) is 0.610. The van der Waals surface area contributed by atoms with Crippen molar-refractivity contribution >= 4 is 28.7 Å². The van der Waals surface area contributed by atoms with E-state index in [1.165, 1.54) is 6.92 Å². The molecule has 1 aliphatic carbocycles. The number of amides is 1. The average Bonchev–Trinajstić information content (AvgIpc) is 2.85. The molecule has 2 aromatic rings. The zero-order valence-corrected chi connectivity index (χ0v) is 22.0. The lowest BCUT2D eigenvalue weighted by molar-refractivity contribution is -0.147. The van der Waals surface area contributed by atoms with Gasteiger partial charge in [0.05, 0.1) is 10.9 Å². The number of carbonyl (C=O) groups excluding carboxylic acids is 2. The molecule has 0 aromatic carbocycles. The summed E-state index contributed by atoms with van der Waals surface area (Å²) in [5.41, 5.74) is 1.71. The molecule has 3 heterocycles. The van der Waals surface area contributed by atoms with Gasteiger partial charge in [-0.15, -0.1) is 0 Å². The summed E-state index contributed by atoms with van der Waals surface area (Å²) >= 11 is 0. The van der Waals surface area contributed by atoms with Crippen LogP contribution in [0.3, 0.4) is 0 Å². The Morgan fingerprint density at radius 2 is 1.83 bits per heavy atom. The van der Waals surface area contributed by atoms with Crippen LogP contribution in [0.25, 0.3) is 10.9 Å². The van der Waals surface area contributed by atoms with Crippen LogP contribution < -0.4 is 10.9 Å². The Balaban J connectivity index is 1.69. The van der Waals surface area contributed by atoms with Crippen molar-refractivity contribution in [2.24, 2.45) is 0 Å². The lowest BCUT2D eigenvalue weighted by Gasteiger charge is -2.33. The number of esters is 1. The van der Waals surface area contributed by atoms with Crippen LogP contribution in [0.15, 0.2) is 17.2 Å². The monoisotopic (exact) mass is 497 g/mol. The molecule has 0 spiro atoms. The molecule has 1 amide bonds. The van der Waals surface area contributed by atoms with Crippen molar-refractivity contribution in [2.75, 3.05) is 18.4 Å². The summed E-state index contributed by atoms with van der Waals surface area (Å²) in [5, 5.41) is 3.92. The molecule has 1 aliphatic heterocycles. The largest absolute Gasteiger partial charge is 0.463 e. The Hall–Kier alpha value is -2.97. The smallest absolute Gasteiger partial charge is 0.302 e. The number of aromatic nitrogens is 3. The maximum absolute atomic E-state index is 13.6. The third-order valence-corrected chi connectivity index (χ3v) is 7.65. The molecule has 9 heteroatoms. The summed E-state index contributed by atoms with van der Waals surface area (Å²) in [6.45, 7) is 8.62. The molecule has 2 aliphatic rings. The van der Waals surface area contributed by atoms with Crippen LogP contribution >= 0.6 is 0 Å². The van der Waals surface area contributed by atoms with Gasteiger partial charge < -0.3 is 19.5 Å². The predicted octanol–water partition coefficient (Wildman–Crippen LogP) is 4.16. The Labute approximate surface area is 212 Å². The number of anilines is 1. The molecule has 4 rings (SSSR count). The van der Waals surface area contributed by atoms with Crippen molar-refractivity contribution in [3.63, 3.8) is 0 Å². The fourth-order valence-electron chi connectivity index (χ4n) is 5.72. The van der Waals surface area contributed by atoms with E-state index in [0.717, 1.165) is 62.4 Å². The first-order chi connectivity index (χ1) is 17.3. The highest BCUT2D eigenvalue weighted by Crippen LogP contribution is 2.37. The molecule has 36 heavy (non-hydrogen) atoms. The van der Waals surface area contributed by atoms with E-state index >= 15 is 0 Å². The normalized spacial score (nSPS) is 21.8. The van der Waals surface area contributed by atoms with Crippen LogP contribution in [0.4, 0.5) is 5.95 Å². The minimum atomic E-state index is -0.237. The molecule has 0 radical (unpaired) electrons. The highest BCUT2D eigenvalue weighted by atomic mass is 16.5. The molecule has 1 atom stereocenters. The van der Waals surface area contributed by atoms with Gasteiger partial charge in [0.15, 0.2) is 0 Å². The number of likely N-dealkylation sites (tertiary alicyclic amines) is 1. The van der Waals surface area contributed by atoms with Crippen LogP contribution in [-0.2, 0) is 14.3 Å². The van der Waals surface area contributed by atoms with Gasteiger partial charge in [0.1, 0.15) is 6.10 Å². The first kappa shape index (κ1) is 26.1. The van der Waals surface area contributed by atoms with Gasteiger partial charge in [0.2, 0.25) is 11.9 Å². The second kappa shape index (κ2) is 11.4. The number of ether oxygens (including phenoxy) is 1. The van der Waals surface area contributed by atoms with E-state index in [9.17, 15) is 14.4 Å². The lowest BCUT2D eigenvalue weighted by Crippen LogP contribution is -2.40. The highest BCUT2D eigenvalue weighted by Gasteiger charge is 2.29. The van der Waals surface area contributed by atoms with E-state index in [0.29, 0.717) is 24.4 Å². The van der Waals surface area contributed by atoms with Crippen molar-refractivity contribution in [2.45, 2.75) is 103 Å². The zero-order valence-electron chi connectivity index (χ0n) is 22.0. The van der Waals surface area contributed by atoms with Crippen LogP contribution in [0.2, 0.25) is 0 Å². The van der Waals surface area contributed by atoms with Crippen molar-refractivity contribution in [1.29, 1.82) is 0 Å². The number of piperidine rings is 1. The first-order valence-electron chi connectivity index (χ1n) is 13.4. The number of nitrogens with zero attached hydrogens (tertiary/aromatic N) is 4. The molecule has 1 saturated heterocycles. The van der Waals surface area contributed by atoms with Crippen molar-refractivity contribution in [1.82, 2.24) is 19.4 Å². The summed E-state index contributed by atoms with van der Waals surface area (Å²) in [7, 11) is 0. The minimum absolute atomic E-state index is 0.0380. The van der Waals surface area contributed by atoms with E-state index in [1.54, 1.807) is 13.1 Å². The highest BCUT2D eigenvalue weighted by molar-refractivity contribution is 5.81. The van der Waals surface area contributed by atoms with Gasteiger partial charge in [-0.2, -0.15) is 0 Å². The maximum Gasteiger partial charge on any atom is 0.302 e. The maximum atomic E-state index is 13.6. The van der Waals surface area contributed by atoms with Gasteiger partial charge in [-0.1, -0.05) is 13.3 Å². The van der Waals surface area contributed by atoms with E-state index < -0.39 is 0 Å². The van der Waals surface area contributed by atoms with Gasteiger partial charge in [0.25, 0.3) is 5.56 Å². The number of pyridine rings is 1. The second-order valence-corrected chi connectivity index (χ2v) is 10.4. The first-order valence-corrected chi connectivity index (χ1v) is 13.4. The van der Waals surface area contributed by atoms with E-state index in [1.807, 2.05) is 15.7 Å². The van der Waals surface area contributed by atoms with Gasteiger partial charge >= 0.3 is 5.97 Å². The van der Waals surface area contributed by atoms with Gasteiger partial charge in [-0.25, -0.2) is 9.97 Å². The van der Waals surface area contributed by atoms with Crippen molar-refractivity contribution in [3.8, 4) is 0 Å². The zero-order chi connectivity index (χ0) is 25.8. The van der Waals surface area contributed by atoms with Crippen LogP contribution in [0.5, 0.6) is 0 Å². The van der Waals surface area contributed by atoms with Gasteiger partial charge in [-0.05, 0) is 63.4 Å². The van der Waals surface area contributed by atoms with Gasteiger partial charge in [0, 0.05) is 51.4 Å². The van der Waals surface area contributed by atoms with E-state index in [-0.39, 0.29) is 41.5 Å². The quantitative estimate of drug-likeness (QED) is 0.572. The van der Waals surface area contributed by atoms with Crippen molar-refractivity contribution in [3.05, 3.63) is 28.3 Å². The Morgan fingerprint density at radius 3 is 2.44 bits per heavy atom. The van der Waals surface area contributed by atoms with E-state index in [2.05, 4.69) is 24.1 Å². The fourth-order valence-corrected chi connectivity index (χ4v) is 5.72. The molecular weight excluding hydrogens is 458 g/mol. The Bertz CT molecular complexity index is 1150. The Kier molecular flexibility index (Phi) is 8.26. The molecule has 1 unspecified atom stereocenters. The van der Waals surface area contributed by atoms with Crippen LogP contribution in [-0.4, -0.2) is 56.5 Å². The number of nitrogens with one attached hydrogen (secondary N) is 1. The van der Waals surface area contributed by atoms with E-state index in [4.69, 9.17) is 9.72 Å². The lowest BCUT2D eigenvalue weighted by atomic mass is 9.82. The molecule has 1 saturated carbocycles. The average molecular weight is 498 g/mol. The number of carbonyl (C=O) groups is 2. The second-order valence-electron chi connectivity index (χ2n) is 10.4. The standard InChI is InChI=1S/C27H39N5O4/c1-5-6-17(2)29-27-28-15-23-25(30-27)24(20-7-9-22(10-8-20)36-19(4)34)16-32(26(23)35)21-11-13-31(14-12-21)18(3)33/h15-17,20-22H,5-14H2,1-4H3,(H,28,29,30)/t17?,20-,22-. The third kappa shape index (κ3) is 5.87. The van der Waals surface area contributed by atoms with Crippen LogP contribution in [0, 0.1) is 0 Å². The van der Waals surface area contributed by atoms with Gasteiger partial charge in [-0.3, -0.25) is 14.4 Å². The number of rotatable bonds is 7. The molecule has 2 fully saturated rings. The molecule has 1 N–H and O–H groups in total. The SMILES string of the molecule is CCCC(C)Nc1ncc2c(=O)n(C3CCN(C(C)=O)CC3)cc([C@H]3CC[C@H](OC(C)=O)CC3)c2n1. The number of fused-ring (bicyclic) bond motifs is 1. The minimum Gasteiger partial charge on any atom is -0.463 e. The van der Waals surface area contributed by atoms with Crippen molar-refractivity contribution < 1.29 is 14.3 Å². The summed E-state index contributed by atoms with van der Waals surface area (Å²) < 4.78 is 7.32. The topological polar surface area (TPSA) is 106 Å². The third-order valence-electron chi connectivity index (χ3n) is 7.65. The summed E-state index contributed by atoms with van der Waals surface area (Å²) in [6, 6.07) is 0.276. The number of hydrogen-bond donors (Lipinski definition) is 1.